The van der Waals surface area contributed by atoms with Crippen LogP contribution in [-0.4, -0.2) is 47.4 Å². The average molecular weight is 1040 g/mol. The number of amides is 1. The summed E-state index contributed by atoms with van der Waals surface area (Å²) in [6.07, 6.45) is 78.5. The molecule has 6 heteroatoms. The molecule has 0 saturated heterocycles. The van der Waals surface area contributed by atoms with Gasteiger partial charge in [0, 0.05) is 12.8 Å². The zero-order valence-electron chi connectivity index (χ0n) is 50.4. The first-order valence-corrected chi connectivity index (χ1v) is 34.0. The Hall–Kier alpha value is -1.40. The predicted octanol–water partition coefficient (Wildman–Crippen LogP) is 21.6. The zero-order chi connectivity index (χ0) is 53.6. The number of allylic oxidation sites excluding steroid dienone is 1. The number of aliphatic hydroxyl groups is 2. The summed E-state index contributed by atoms with van der Waals surface area (Å²) in [4.78, 5) is 24.6. The van der Waals surface area contributed by atoms with Crippen molar-refractivity contribution in [1.82, 2.24) is 5.32 Å². The van der Waals surface area contributed by atoms with Crippen molar-refractivity contribution in [3.05, 3.63) is 12.2 Å². The fraction of sp³-hybridized carbons (Fsp3) is 0.941. The molecular formula is C68H133NO5. The molecular weight excluding hydrogens is 911 g/mol. The highest BCUT2D eigenvalue weighted by Crippen LogP contribution is 2.19. The van der Waals surface area contributed by atoms with E-state index in [2.05, 4.69) is 19.2 Å². The lowest BCUT2D eigenvalue weighted by Gasteiger charge is -2.20. The minimum absolute atomic E-state index is 0.0192. The van der Waals surface area contributed by atoms with Crippen molar-refractivity contribution in [2.75, 3.05) is 13.2 Å². The summed E-state index contributed by atoms with van der Waals surface area (Å²) in [6.45, 7) is 4.94. The summed E-state index contributed by atoms with van der Waals surface area (Å²) < 4.78 is 5.51. The van der Waals surface area contributed by atoms with Crippen LogP contribution in [-0.2, 0) is 14.3 Å². The number of rotatable bonds is 64. The Morgan fingerprint density at radius 3 is 0.919 bits per heavy atom. The molecule has 0 spiro atoms. The molecule has 3 N–H and O–H groups in total. The summed E-state index contributed by atoms with van der Waals surface area (Å²) >= 11 is 0. The molecule has 74 heavy (non-hydrogen) atoms. The van der Waals surface area contributed by atoms with Gasteiger partial charge in [0.1, 0.15) is 0 Å². The SMILES string of the molecule is CCCCCCCCCCCCCCCC/C=C/C(O)C(CO)NC(=O)CCCCCCCCCCCCCCCCCCCCCCCCCOC(=O)CCCCCCCCCCCCCCCCCCCC. The van der Waals surface area contributed by atoms with Crippen LogP contribution < -0.4 is 5.32 Å². The van der Waals surface area contributed by atoms with Crippen LogP contribution >= 0.6 is 0 Å². The summed E-state index contributed by atoms with van der Waals surface area (Å²) in [5.74, 6) is -0.0451. The number of nitrogens with one attached hydrogen (secondary N) is 1. The molecule has 0 aliphatic carbocycles. The molecule has 0 radical (unpaired) electrons. The molecule has 0 aromatic heterocycles. The molecule has 0 rings (SSSR count). The smallest absolute Gasteiger partial charge is 0.305 e. The van der Waals surface area contributed by atoms with E-state index in [0.29, 0.717) is 19.4 Å². The molecule has 0 aliphatic rings. The second-order valence-corrected chi connectivity index (χ2v) is 23.5. The predicted molar refractivity (Wildman–Crippen MR) is 324 cm³/mol. The molecule has 6 nitrogen and oxygen atoms in total. The van der Waals surface area contributed by atoms with E-state index in [1.807, 2.05) is 6.08 Å². The fourth-order valence-electron chi connectivity index (χ4n) is 10.9. The highest BCUT2D eigenvalue weighted by molar-refractivity contribution is 5.76. The van der Waals surface area contributed by atoms with Gasteiger partial charge >= 0.3 is 5.97 Å². The highest BCUT2D eigenvalue weighted by Gasteiger charge is 2.18. The van der Waals surface area contributed by atoms with Gasteiger partial charge in [-0.3, -0.25) is 9.59 Å². The number of esters is 1. The summed E-state index contributed by atoms with van der Waals surface area (Å²) in [5, 5.41) is 23.2. The Morgan fingerprint density at radius 2 is 0.622 bits per heavy atom. The quantitative estimate of drug-likeness (QED) is 0.0320. The number of ether oxygens (including phenoxy) is 1. The first-order chi connectivity index (χ1) is 36.5. The van der Waals surface area contributed by atoms with Gasteiger partial charge in [0.05, 0.1) is 25.4 Å². The third-order valence-corrected chi connectivity index (χ3v) is 16.1. The Balaban J connectivity index is 3.36. The van der Waals surface area contributed by atoms with Crippen LogP contribution in [0.1, 0.15) is 386 Å². The largest absolute Gasteiger partial charge is 0.466 e. The van der Waals surface area contributed by atoms with Gasteiger partial charge in [-0.2, -0.15) is 0 Å². The molecule has 0 heterocycles. The standard InChI is InChI=1S/C68H133NO5/c1-3-5-7-9-11-13-15-17-19-21-30-34-38-42-46-50-54-58-62-68(73)74-63-59-55-51-47-43-39-35-31-28-26-24-22-23-25-27-29-33-37-41-45-49-53-57-61-67(72)69-65(64-70)66(71)60-56-52-48-44-40-36-32-20-18-16-14-12-10-8-6-4-2/h56,60,65-66,70-71H,3-55,57-59,61-64H2,1-2H3,(H,69,72)/b60-56+. The van der Waals surface area contributed by atoms with Gasteiger partial charge in [0.2, 0.25) is 5.91 Å². The van der Waals surface area contributed by atoms with E-state index in [4.69, 9.17) is 4.74 Å². The molecule has 0 bridgehead atoms. The number of unbranched alkanes of at least 4 members (excludes halogenated alkanes) is 53. The maximum Gasteiger partial charge on any atom is 0.305 e. The van der Waals surface area contributed by atoms with E-state index in [1.165, 1.54) is 321 Å². The number of hydrogen-bond donors (Lipinski definition) is 3. The van der Waals surface area contributed by atoms with Gasteiger partial charge in [-0.25, -0.2) is 0 Å². The maximum absolute atomic E-state index is 12.5. The van der Waals surface area contributed by atoms with Crippen LogP contribution in [0.2, 0.25) is 0 Å². The summed E-state index contributed by atoms with van der Waals surface area (Å²) in [5.41, 5.74) is 0. The van der Waals surface area contributed by atoms with E-state index in [9.17, 15) is 19.8 Å². The lowest BCUT2D eigenvalue weighted by Crippen LogP contribution is -2.45. The van der Waals surface area contributed by atoms with Crippen molar-refractivity contribution < 1.29 is 24.5 Å². The van der Waals surface area contributed by atoms with E-state index >= 15 is 0 Å². The maximum atomic E-state index is 12.5. The van der Waals surface area contributed by atoms with Crippen molar-refractivity contribution >= 4 is 11.9 Å². The first kappa shape index (κ1) is 72.6. The Bertz CT molecular complexity index is 1110. The van der Waals surface area contributed by atoms with Crippen LogP contribution in [0.25, 0.3) is 0 Å². The average Bonchev–Trinajstić information content (AvgIpc) is 3.40. The normalized spacial score (nSPS) is 12.5. The number of carbonyl (C=O) groups is 2. The molecule has 0 fully saturated rings. The van der Waals surface area contributed by atoms with E-state index in [1.54, 1.807) is 6.08 Å². The molecule has 0 aromatic carbocycles. The number of aliphatic hydroxyl groups excluding tert-OH is 2. The van der Waals surface area contributed by atoms with Crippen LogP contribution in [0.4, 0.5) is 0 Å². The molecule has 0 aliphatic heterocycles. The van der Waals surface area contributed by atoms with Crippen LogP contribution in [0, 0.1) is 0 Å². The van der Waals surface area contributed by atoms with Crippen molar-refractivity contribution in [2.24, 2.45) is 0 Å². The minimum Gasteiger partial charge on any atom is -0.466 e. The molecule has 0 aromatic rings. The van der Waals surface area contributed by atoms with Gasteiger partial charge in [-0.05, 0) is 32.1 Å². The molecule has 2 atom stereocenters. The molecule has 2 unspecified atom stereocenters. The highest BCUT2D eigenvalue weighted by atomic mass is 16.5. The second kappa shape index (κ2) is 64.1. The number of carbonyl (C=O) groups excluding carboxylic acids is 2. The zero-order valence-corrected chi connectivity index (χ0v) is 50.4. The lowest BCUT2D eigenvalue weighted by molar-refractivity contribution is -0.143. The van der Waals surface area contributed by atoms with E-state index in [0.717, 1.165) is 38.5 Å². The summed E-state index contributed by atoms with van der Waals surface area (Å²) in [7, 11) is 0. The van der Waals surface area contributed by atoms with Gasteiger partial charge in [-0.1, -0.05) is 353 Å². The lowest BCUT2D eigenvalue weighted by atomic mass is 10.0. The third kappa shape index (κ3) is 59.8. The van der Waals surface area contributed by atoms with Crippen molar-refractivity contribution in [2.45, 2.75) is 398 Å². The van der Waals surface area contributed by atoms with Crippen molar-refractivity contribution in [3.63, 3.8) is 0 Å². The van der Waals surface area contributed by atoms with Gasteiger partial charge in [0.25, 0.3) is 0 Å². The molecule has 0 saturated carbocycles. The first-order valence-electron chi connectivity index (χ1n) is 34.0. The monoisotopic (exact) mass is 1040 g/mol. The van der Waals surface area contributed by atoms with E-state index < -0.39 is 12.1 Å². The van der Waals surface area contributed by atoms with Crippen molar-refractivity contribution in [1.29, 1.82) is 0 Å². The topological polar surface area (TPSA) is 95.9 Å². The summed E-state index contributed by atoms with van der Waals surface area (Å²) in [6, 6.07) is -0.627. The van der Waals surface area contributed by atoms with Gasteiger partial charge in [-0.15, -0.1) is 0 Å². The van der Waals surface area contributed by atoms with Crippen molar-refractivity contribution in [3.8, 4) is 0 Å². The fourth-order valence-corrected chi connectivity index (χ4v) is 10.9. The van der Waals surface area contributed by atoms with Gasteiger partial charge in [0.15, 0.2) is 0 Å². The Morgan fingerprint density at radius 1 is 0.365 bits per heavy atom. The van der Waals surface area contributed by atoms with Crippen LogP contribution in [0.15, 0.2) is 12.2 Å². The Labute approximate surface area is 463 Å². The minimum atomic E-state index is -0.843. The van der Waals surface area contributed by atoms with Crippen LogP contribution in [0.3, 0.4) is 0 Å². The van der Waals surface area contributed by atoms with Gasteiger partial charge < -0.3 is 20.3 Å². The molecule has 1 amide bonds. The van der Waals surface area contributed by atoms with Crippen LogP contribution in [0.5, 0.6) is 0 Å². The molecule has 440 valence electrons. The van der Waals surface area contributed by atoms with E-state index in [-0.39, 0.29) is 18.5 Å². The third-order valence-electron chi connectivity index (χ3n) is 16.1. The second-order valence-electron chi connectivity index (χ2n) is 23.5. The Kier molecular flexibility index (Phi) is 62.9. The number of hydrogen-bond acceptors (Lipinski definition) is 5.